The van der Waals surface area contributed by atoms with E-state index < -0.39 is 0 Å². The number of rotatable bonds is 5. The van der Waals surface area contributed by atoms with Crippen molar-refractivity contribution in [2.75, 3.05) is 19.8 Å². The molecule has 21 heavy (non-hydrogen) atoms. The second-order valence-corrected chi connectivity index (χ2v) is 5.57. The molecule has 0 spiro atoms. The van der Waals surface area contributed by atoms with Gasteiger partial charge in [0.25, 0.3) is 5.91 Å². The Morgan fingerprint density at radius 3 is 2.86 bits per heavy atom. The van der Waals surface area contributed by atoms with Gasteiger partial charge in [-0.1, -0.05) is 12.1 Å². The maximum absolute atomic E-state index is 11.9. The summed E-state index contributed by atoms with van der Waals surface area (Å²) in [6.07, 6.45) is 1.72. The molecule has 0 saturated carbocycles. The smallest absolute Gasteiger partial charge is 0.258 e. The number of carbonyl (C=O) groups excluding carboxylic acids is 1. The van der Waals surface area contributed by atoms with Crippen LogP contribution in [0.15, 0.2) is 18.2 Å². The molecule has 5 nitrogen and oxygen atoms in total. The predicted octanol–water partition coefficient (Wildman–Crippen LogP) is 1.69. The van der Waals surface area contributed by atoms with Gasteiger partial charge in [-0.25, -0.2) is 0 Å². The number of carbonyl (C=O) groups is 1. The van der Waals surface area contributed by atoms with Crippen LogP contribution in [0.4, 0.5) is 0 Å². The molecule has 3 N–H and O–H groups in total. The molecule has 0 aromatic heterocycles. The zero-order valence-electron chi connectivity index (χ0n) is 12.7. The van der Waals surface area contributed by atoms with Gasteiger partial charge in [0.2, 0.25) is 0 Å². The van der Waals surface area contributed by atoms with E-state index >= 15 is 0 Å². The first-order valence-electron chi connectivity index (χ1n) is 7.42. The summed E-state index contributed by atoms with van der Waals surface area (Å²) in [5, 5.41) is 2.98. The molecule has 0 bridgehead atoms. The van der Waals surface area contributed by atoms with E-state index in [9.17, 15) is 4.79 Å². The minimum absolute atomic E-state index is 0.0144. The van der Waals surface area contributed by atoms with Gasteiger partial charge in [0.1, 0.15) is 5.75 Å². The fourth-order valence-electron chi connectivity index (χ4n) is 2.40. The molecule has 1 saturated heterocycles. The SMILES string of the molecule is Cc1ccc(C(C)N)c(OCC(=O)NC2CCOCC2)c1. The van der Waals surface area contributed by atoms with E-state index in [1.54, 1.807) is 0 Å². The van der Waals surface area contributed by atoms with E-state index in [4.69, 9.17) is 15.2 Å². The number of nitrogens with two attached hydrogens (primary N) is 1. The number of nitrogens with one attached hydrogen (secondary N) is 1. The monoisotopic (exact) mass is 292 g/mol. The molecule has 1 aromatic carbocycles. The Morgan fingerprint density at radius 2 is 2.19 bits per heavy atom. The Labute approximate surface area is 125 Å². The van der Waals surface area contributed by atoms with Crippen molar-refractivity contribution >= 4 is 5.91 Å². The van der Waals surface area contributed by atoms with Crippen LogP contribution in [0.1, 0.15) is 36.9 Å². The van der Waals surface area contributed by atoms with Gasteiger partial charge in [-0.15, -0.1) is 0 Å². The average Bonchev–Trinajstić information content (AvgIpc) is 2.46. The molecular formula is C16H24N2O3. The summed E-state index contributed by atoms with van der Waals surface area (Å²) < 4.78 is 10.9. The van der Waals surface area contributed by atoms with Crippen molar-refractivity contribution in [2.24, 2.45) is 5.73 Å². The standard InChI is InChI=1S/C16H24N2O3/c1-11-3-4-14(12(2)17)15(9-11)21-10-16(19)18-13-5-7-20-8-6-13/h3-4,9,12-13H,5-8,10,17H2,1-2H3,(H,18,19). The molecule has 1 fully saturated rings. The third-order valence-corrected chi connectivity index (χ3v) is 3.60. The molecule has 0 aliphatic carbocycles. The van der Waals surface area contributed by atoms with Crippen molar-refractivity contribution in [1.82, 2.24) is 5.32 Å². The summed E-state index contributed by atoms with van der Waals surface area (Å²) in [4.78, 5) is 11.9. The van der Waals surface area contributed by atoms with Crippen LogP contribution < -0.4 is 15.8 Å². The highest BCUT2D eigenvalue weighted by molar-refractivity contribution is 5.77. The lowest BCUT2D eigenvalue weighted by Gasteiger charge is -2.23. The van der Waals surface area contributed by atoms with Gasteiger partial charge in [-0.3, -0.25) is 4.79 Å². The number of hydrogen-bond donors (Lipinski definition) is 2. The van der Waals surface area contributed by atoms with E-state index in [-0.39, 0.29) is 24.6 Å². The van der Waals surface area contributed by atoms with Gasteiger partial charge in [-0.2, -0.15) is 0 Å². The van der Waals surface area contributed by atoms with Crippen molar-refractivity contribution < 1.29 is 14.3 Å². The van der Waals surface area contributed by atoms with E-state index in [1.807, 2.05) is 32.0 Å². The van der Waals surface area contributed by atoms with Gasteiger partial charge in [0, 0.05) is 30.9 Å². The highest BCUT2D eigenvalue weighted by atomic mass is 16.5. The minimum atomic E-state index is -0.126. The molecule has 1 unspecified atom stereocenters. The van der Waals surface area contributed by atoms with Crippen molar-refractivity contribution in [3.8, 4) is 5.75 Å². The second-order valence-electron chi connectivity index (χ2n) is 5.57. The summed E-state index contributed by atoms with van der Waals surface area (Å²) in [6.45, 7) is 5.32. The zero-order chi connectivity index (χ0) is 15.2. The normalized spacial score (nSPS) is 17.3. The van der Waals surface area contributed by atoms with Crippen molar-refractivity contribution in [1.29, 1.82) is 0 Å². The first-order valence-corrected chi connectivity index (χ1v) is 7.42. The minimum Gasteiger partial charge on any atom is -0.483 e. The summed E-state index contributed by atoms with van der Waals surface area (Å²) in [5.74, 6) is 0.589. The number of aryl methyl sites for hydroxylation is 1. The Balaban J connectivity index is 1.89. The van der Waals surface area contributed by atoms with Crippen LogP contribution in [-0.2, 0) is 9.53 Å². The van der Waals surface area contributed by atoms with Gasteiger partial charge < -0.3 is 20.5 Å². The third-order valence-electron chi connectivity index (χ3n) is 3.60. The molecule has 1 amide bonds. The molecule has 5 heteroatoms. The first-order chi connectivity index (χ1) is 10.1. The van der Waals surface area contributed by atoms with Crippen LogP contribution in [-0.4, -0.2) is 31.8 Å². The lowest BCUT2D eigenvalue weighted by atomic mass is 10.1. The molecule has 1 heterocycles. The highest BCUT2D eigenvalue weighted by Gasteiger charge is 2.17. The molecule has 2 rings (SSSR count). The maximum atomic E-state index is 11.9. The van der Waals surface area contributed by atoms with E-state index in [2.05, 4.69) is 5.32 Å². The fourth-order valence-corrected chi connectivity index (χ4v) is 2.40. The lowest BCUT2D eigenvalue weighted by molar-refractivity contribution is -0.124. The van der Waals surface area contributed by atoms with Gasteiger partial charge in [-0.05, 0) is 38.3 Å². The molecule has 116 valence electrons. The second kappa shape index (κ2) is 7.43. The van der Waals surface area contributed by atoms with Crippen molar-refractivity contribution in [3.05, 3.63) is 29.3 Å². The summed E-state index contributed by atoms with van der Waals surface area (Å²) in [6, 6.07) is 5.93. The van der Waals surface area contributed by atoms with Gasteiger partial charge in [0.05, 0.1) is 0 Å². The van der Waals surface area contributed by atoms with Crippen molar-refractivity contribution in [3.63, 3.8) is 0 Å². The molecule has 1 aromatic rings. The van der Waals surface area contributed by atoms with Gasteiger partial charge >= 0.3 is 0 Å². The topological polar surface area (TPSA) is 73.6 Å². The van der Waals surface area contributed by atoms with E-state index in [0.29, 0.717) is 19.0 Å². The van der Waals surface area contributed by atoms with E-state index in [1.165, 1.54) is 0 Å². The fraction of sp³-hybridized carbons (Fsp3) is 0.562. The Morgan fingerprint density at radius 1 is 1.48 bits per heavy atom. The van der Waals surface area contributed by atoms with Crippen LogP contribution in [0, 0.1) is 6.92 Å². The third kappa shape index (κ3) is 4.72. The summed E-state index contributed by atoms with van der Waals surface area (Å²) in [7, 11) is 0. The Kier molecular flexibility index (Phi) is 5.59. The molecule has 1 aliphatic rings. The number of benzene rings is 1. The highest BCUT2D eigenvalue weighted by Crippen LogP contribution is 2.25. The molecule has 1 aliphatic heterocycles. The molecule has 1 atom stereocenters. The lowest BCUT2D eigenvalue weighted by Crippen LogP contribution is -2.41. The molecular weight excluding hydrogens is 268 g/mol. The average molecular weight is 292 g/mol. The molecule has 0 radical (unpaired) electrons. The summed E-state index contributed by atoms with van der Waals surface area (Å²) >= 11 is 0. The Bertz CT molecular complexity index is 482. The van der Waals surface area contributed by atoms with E-state index in [0.717, 1.165) is 24.0 Å². The predicted molar refractivity (Wildman–Crippen MR) is 81.3 cm³/mol. The van der Waals surface area contributed by atoms with Crippen molar-refractivity contribution in [2.45, 2.75) is 38.8 Å². The zero-order valence-corrected chi connectivity index (χ0v) is 12.7. The largest absolute Gasteiger partial charge is 0.483 e. The van der Waals surface area contributed by atoms with Gasteiger partial charge in [0.15, 0.2) is 6.61 Å². The quantitative estimate of drug-likeness (QED) is 0.866. The Hall–Kier alpha value is -1.59. The summed E-state index contributed by atoms with van der Waals surface area (Å²) in [5.41, 5.74) is 7.92. The maximum Gasteiger partial charge on any atom is 0.258 e. The van der Waals surface area contributed by atoms with Crippen LogP contribution in [0.3, 0.4) is 0 Å². The van der Waals surface area contributed by atoms with Crippen LogP contribution >= 0.6 is 0 Å². The number of amides is 1. The van der Waals surface area contributed by atoms with Crippen LogP contribution in [0.2, 0.25) is 0 Å². The first kappa shape index (κ1) is 15.8. The van der Waals surface area contributed by atoms with Crippen LogP contribution in [0.25, 0.3) is 0 Å². The number of hydrogen-bond acceptors (Lipinski definition) is 4. The van der Waals surface area contributed by atoms with Crippen LogP contribution in [0.5, 0.6) is 5.75 Å². The number of ether oxygens (including phenoxy) is 2.